The zero-order valence-corrected chi connectivity index (χ0v) is 24.7. The largest absolute Gasteiger partial charge is 0.327 e. The third-order valence-electron chi connectivity index (χ3n) is 8.78. The molecule has 0 atom stereocenters. The van der Waals surface area contributed by atoms with Gasteiger partial charge >= 0.3 is 12.1 Å². The molecular weight excluding hydrogens is 584 g/mol. The minimum atomic E-state index is -1.40. The Bertz CT molecular complexity index is 1670. The van der Waals surface area contributed by atoms with Crippen molar-refractivity contribution in [3.8, 4) is 0 Å². The molecule has 0 spiro atoms. The molecule has 0 N–H and O–H groups in total. The predicted molar refractivity (Wildman–Crippen MR) is 163 cm³/mol. The molecule has 0 aliphatic carbocycles. The molecule has 230 valence electrons. The van der Waals surface area contributed by atoms with E-state index in [0.717, 1.165) is 11.1 Å². The molecule has 0 bridgehead atoms. The van der Waals surface area contributed by atoms with Crippen LogP contribution in [0, 0.1) is 0 Å². The normalized spacial score (nSPS) is 21.0. The maximum atomic E-state index is 15.3. The van der Waals surface area contributed by atoms with Crippen LogP contribution in [-0.2, 0) is 38.0 Å². The molecule has 2 fully saturated rings. The van der Waals surface area contributed by atoms with Gasteiger partial charge in [0.15, 0.2) is 11.3 Å². The van der Waals surface area contributed by atoms with Crippen molar-refractivity contribution < 1.29 is 9.59 Å². The van der Waals surface area contributed by atoms with Crippen molar-refractivity contribution in [1.29, 1.82) is 0 Å². The van der Waals surface area contributed by atoms with Crippen LogP contribution in [-0.4, -0.2) is 69.9 Å². The first-order valence-electron chi connectivity index (χ1n) is 14.8. The number of urea groups is 2. The van der Waals surface area contributed by atoms with Crippen LogP contribution in [0.15, 0.2) is 136 Å². The maximum absolute atomic E-state index is 15.3. The van der Waals surface area contributed by atoms with E-state index in [2.05, 4.69) is 19.9 Å². The van der Waals surface area contributed by atoms with Gasteiger partial charge in [-0.3, -0.25) is 19.6 Å². The van der Waals surface area contributed by atoms with Crippen molar-refractivity contribution in [1.82, 2.24) is 57.8 Å². The lowest BCUT2D eigenvalue weighted by Crippen LogP contribution is -2.64. The maximum Gasteiger partial charge on any atom is 0.327 e. The van der Waals surface area contributed by atoms with Crippen LogP contribution >= 0.6 is 0 Å². The molecule has 46 heavy (non-hydrogen) atoms. The fourth-order valence-electron chi connectivity index (χ4n) is 7.04. The standard InChI is InChI=1S/C32H30N12O2/c45-29-41(23-37-15-11-33-19-37)31(27-7-3-1-4-8-27)32(28-9-5-2-6-10-28,43(29)25-39-17-13-35-21-39)44(26-40-18-14-36-22-40)30(46)42(31)24-38-16-12-34-20-38/h1-22H,23-26H2. The molecule has 14 nitrogen and oxygen atoms in total. The second-order valence-corrected chi connectivity index (χ2v) is 11.2. The Balaban J connectivity index is 1.49. The van der Waals surface area contributed by atoms with Crippen LogP contribution in [0.1, 0.15) is 11.1 Å². The number of nitrogens with zero attached hydrogens (tertiary/aromatic N) is 12. The summed E-state index contributed by atoms with van der Waals surface area (Å²) in [5.41, 5.74) is -1.28. The number of imidazole rings is 4. The van der Waals surface area contributed by atoms with E-state index in [0.29, 0.717) is 0 Å². The van der Waals surface area contributed by atoms with Crippen LogP contribution in [0.4, 0.5) is 9.59 Å². The lowest BCUT2D eigenvalue weighted by Gasteiger charge is -2.50. The summed E-state index contributed by atoms with van der Waals surface area (Å²) in [5.74, 6) is 0. The molecule has 4 aromatic heterocycles. The quantitative estimate of drug-likeness (QED) is 0.233. The number of hydrogen-bond acceptors (Lipinski definition) is 6. The summed E-state index contributed by atoms with van der Waals surface area (Å²) in [5, 5.41) is 0. The fourth-order valence-corrected chi connectivity index (χ4v) is 7.04. The number of carbonyl (C=O) groups is 2. The smallest absolute Gasteiger partial charge is 0.319 e. The minimum absolute atomic E-state index is 0.120. The summed E-state index contributed by atoms with van der Waals surface area (Å²) in [6, 6.07) is 19.0. The monoisotopic (exact) mass is 614 g/mol. The molecule has 6 aromatic rings. The van der Waals surface area contributed by atoms with Crippen LogP contribution in [0.3, 0.4) is 0 Å². The van der Waals surface area contributed by atoms with E-state index in [1.807, 2.05) is 104 Å². The molecule has 6 heterocycles. The van der Waals surface area contributed by atoms with E-state index in [9.17, 15) is 0 Å². The third-order valence-corrected chi connectivity index (χ3v) is 8.78. The molecule has 0 radical (unpaired) electrons. The average Bonchev–Trinajstić information content (AvgIpc) is 3.94. The van der Waals surface area contributed by atoms with Gasteiger partial charge in [-0.15, -0.1) is 0 Å². The number of rotatable bonds is 10. The first-order valence-corrected chi connectivity index (χ1v) is 14.8. The zero-order chi connectivity index (χ0) is 31.1. The Morgan fingerprint density at radius 1 is 0.435 bits per heavy atom. The second kappa shape index (κ2) is 10.8. The van der Waals surface area contributed by atoms with Crippen LogP contribution < -0.4 is 0 Å². The van der Waals surface area contributed by atoms with E-state index < -0.39 is 11.3 Å². The minimum Gasteiger partial charge on any atom is -0.319 e. The Morgan fingerprint density at radius 2 is 0.717 bits per heavy atom. The van der Waals surface area contributed by atoms with Crippen molar-refractivity contribution >= 4 is 12.1 Å². The third kappa shape index (κ3) is 3.89. The Hall–Kier alpha value is -6.18. The topological polar surface area (TPSA) is 118 Å². The number of fused-ring (bicyclic) bond motifs is 1. The van der Waals surface area contributed by atoms with Gasteiger partial charge in [-0.2, -0.15) is 0 Å². The SMILES string of the molecule is O=C1N(Cn2ccnc2)C2(c3ccccc3)N(Cn3ccnc3)C(=O)N(Cn3ccnc3)C2(c2ccccc2)N1Cn1ccnc1. The van der Waals surface area contributed by atoms with Crippen molar-refractivity contribution in [2.75, 3.05) is 0 Å². The van der Waals surface area contributed by atoms with Gasteiger partial charge in [0.25, 0.3) is 0 Å². The van der Waals surface area contributed by atoms with Crippen molar-refractivity contribution in [2.45, 2.75) is 38.0 Å². The van der Waals surface area contributed by atoms with Crippen LogP contribution in [0.25, 0.3) is 0 Å². The Labute approximate surface area is 264 Å². The highest BCUT2D eigenvalue weighted by Crippen LogP contribution is 2.62. The highest BCUT2D eigenvalue weighted by Gasteiger charge is 2.80. The van der Waals surface area contributed by atoms with Gasteiger partial charge in [-0.25, -0.2) is 29.5 Å². The first-order chi connectivity index (χ1) is 22.6. The van der Waals surface area contributed by atoms with Gasteiger partial charge in [0.2, 0.25) is 0 Å². The predicted octanol–water partition coefficient (Wildman–Crippen LogP) is 3.58. The highest BCUT2D eigenvalue weighted by molar-refractivity contribution is 5.89. The molecule has 8 rings (SSSR count). The molecule has 2 aromatic carbocycles. The lowest BCUT2D eigenvalue weighted by molar-refractivity contribution is -0.104. The van der Waals surface area contributed by atoms with Crippen LogP contribution in [0.5, 0.6) is 0 Å². The number of aromatic nitrogens is 8. The van der Waals surface area contributed by atoms with Crippen molar-refractivity contribution in [2.24, 2.45) is 0 Å². The van der Waals surface area contributed by atoms with Crippen molar-refractivity contribution in [3.63, 3.8) is 0 Å². The lowest BCUT2D eigenvalue weighted by atomic mass is 9.80. The summed E-state index contributed by atoms with van der Waals surface area (Å²) in [7, 11) is 0. The Kier molecular flexibility index (Phi) is 6.41. The molecule has 2 aliphatic heterocycles. The van der Waals surface area contributed by atoms with Gasteiger partial charge in [0, 0.05) is 60.7 Å². The van der Waals surface area contributed by atoms with Crippen molar-refractivity contribution in [3.05, 3.63) is 147 Å². The molecule has 4 amide bonds. The number of benzene rings is 2. The van der Waals surface area contributed by atoms with E-state index in [1.54, 1.807) is 69.7 Å². The van der Waals surface area contributed by atoms with E-state index in [1.165, 1.54) is 0 Å². The average molecular weight is 615 g/mol. The summed E-state index contributed by atoms with van der Waals surface area (Å²) in [4.78, 5) is 54.9. The molecule has 0 unspecified atom stereocenters. The first kappa shape index (κ1) is 27.4. The highest BCUT2D eigenvalue weighted by atomic mass is 16.2. The van der Waals surface area contributed by atoms with Gasteiger partial charge in [-0.1, -0.05) is 60.7 Å². The number of amides is 4. The van der Waals surface area contributed by atoms with Gasteiger partial charge in [0.1, 0.15) is 26.7 Å². The van der Waals surface area contributed by atoms with E-state index >= 15 is 9.59 Å². The molecule has 0 saturated carbocycles. The number of carbonyl (C=O) groups excluding carboxylic acids is 2. The molecule has 14 heteroatoms. The van der Waals surface area contributed by atoms with Gasteiger partial charge in [-0.05, 0) is 0 Å². The summed E-state index contributed by atoms with van der Waals surface area (Å²) in [6.45, 7) is 0.482. The van der Waals surface area contributed by atoms with Gasteiger partial charge < -0.3 is 18.3 Å². The van der Waals surface area contributed by atoms with Gasteiger partial charge in [0.05, 0.1) is 25.3 Å². The summed E-state index contributed by atoms with van der Waals surface area (Å²) >= 11 is 0. The summed E-state index contributed by atoms with van der Waals surface area (Å²) in [6.07, 6.45) is 20.7. The zero-order valence-electron chi connectivity index (χ0n) is 24.7. The Morgan fingerprint density at radius 3 is 0.957 bits per heavy atom. The fraction of sp³-hybridized carbons (Fsp3) is 0.188. The van der Waals surface area contributed by atoms with E-state index in [4.69, 9.17) is 0 Å². The summed E-state index contributed by atoms with van der Waals surface area (Å²) < 4.78 is 7.38. The van der Waals surface area contributed by atoms with Crippen LogP contribution in [0.2, 0.25) is 0 Å². The number of hydrogen-bond donors (Lipinski definition) is 0. The molecule has 2 aliphatic rings. The van der Waals surface area contributed by atoms with E-state index in [-0.39, 0.29) is 38.7 Å². The second-order valence-electron chi connectivity index (χ2n) is 11.2. The molecule has 2 saturated heterocycles. The molecular formula is C32H30N12O2.